The van der Waals surface area contributed by atoms with Gasteiger partial charge in [0, 0.05) is 23.9 Å². The number of aliphatic imine (C=N–C) groups is 1. The molecule has 0 fully saturated rings. The quantitative estimate of drug-likeness (QED) is 0.478. The van der Waals surface area contributed by atoms with Gasteiger partial charge in [-0.3, -0.25) is 15.1 Å². The van der Waals surface area contributed by atoms with E-state index in [-0.39, 0.29) is 17.5 Å². The van der Waals surface area contributed by atoms with E-state index < -0.39 is 4.92 Å². The van der Waals surface area contributed by atoms with Gasteiger partial charge in [0.2, 0.25) is 0 Å². The van der Waals surface area contributed by atoms with Crippen LogP contribution in [0.1, 0.15) is 24.1 Å². The third-order valence-corrected chi connectivity index (χ3v) is 3.94. The van der Waals surface area contributed by atoms with Crippen molar-refractivity contribution in [2.75, 3.05) is 7.11 Å². The Bertz CT molecular complexity index is 762. The maximum atomic E-state index is 10.8. The molecule has 2 aromatic rings. The van der Waals surface area contributed by atoms with E-state index in [1.165, 1.54) is 24.4 Å². The second-order valence-electron chi connectivity index (χ2n) is 4.85. The Morgan fingerprint density at radius 3 is 2.70 bits per heavy atom. The predicted octanol–water partition coefficient (Wildman–Crippen LogP) is 4.25. The number of non-ortho nitro benzene ring substituents is 1. The standard InChI is InChI=1S/C16H15BrN2O4/c1-10(11-3-6-16(23-2)14(17)8-11)18-9-12-7-13(19(21)22)4-5-15(12)20/h3-10,20H,1-2H3/t10-/m0/s1. The summed E-state index contributed by atoms with van der Waals surface area (Å²) in [6.45, 7) is 1.89. The van der Waals surface area contributed by atoms with Crippen molar-refractivity contribution in [1.82, 2.24) is 0 Å². The number of benzene rings is 2. The van der Waals surface area contributed by atoms with Crippen molar-refractivity contribution in [3.8, 4) is 11.5 Å². The number of phenols is 1. The Labute approximate surface area is 141 Å². The van der Waals surface area contributed by atoms with Crippen molar-refractivity contribution in [1.29, 1.82) is 0 Å². The number of aromatic hydroxyl groups is 1. The van der Waals surface area contributed by atoms with E-state index in [2.05, 4.69) is 20.9 Å². The first-order valence-electron chi connectivity index (χ1n) is 6.76. The van der Waals surface area contributed by atoms with Gasteiger partial charge in [0.25, 0.3) is 5.69 Å². The molecule has 0 aromatic heterocycles. The highest BCUT2D eigenvalue weighted by atomic mass is 79.9. The van der Waals surface area contributed by atoms with Crippen LogP contribution in [0.5, 0.6) is 11.5 Å². The zero-order valence-corrected chi connectivity index (χ0v) is 14.1. The van der Waals surface area contributed by atoms with Gasteiger partial charge >= 0.3 is 0 Å². The molecule has 0 unspecified atom stereocenters. The van der Waals surface area contributed by atoms with Gasteiger partial charge < -0.3 is 9.84 Å². The fourth-order valence-electron chi connectivity index (χ4n) is 1.98. The van der Waals surface area contributed by atoms with Crippen molar-refractivity contribution < 1.29 is 14.8 Å². The maximum absolute atomic E-state index is 10.8. The summed E-state index contributed by atoms with van der Waals surface area (Å²) in [5, 5.41) is 20.6. The zero-order chi connectivity index (χ0) is 17.0. The lowest BCUT2D eigenvalue weighted by Crippen LogP contribution is -1.94. The van der Waals surface area contributed by atoms with E-state index in [1.807, 2.05) is 25.1 Å². The van der Waals surface area contributed by atoms with Gasteiger partial charge in [-0.2, -0.15) is 0 Å². The lowest BCUT2D eigenvalue weighted by atomic mass is 10.1. The van der Waals surface area contributed by atoms with Crippen LogP contribution in [-0.2, 0) is 0 Å². The summed E-state index contributed by atoms with van der Waals surface area (Å²) in [7, 11) is 1.59. The summed E-state index contributed by atoms with van der Waals surface area (Å²) in [6, 6.07) is 9.25. The third-order valence-electron chi connectivity index (χ3n) is 3.32. The summed E-state index contributed by atoms with van der Waals surface area (Å²) < 4.78 is 6.00. The van der Waals surface area contributed by atoms with Gasteiger partial charge in [-0.15, -0.1) is 0 Å². The molecule has 6 nitrogen and oxygen atoms in total. The highest BCUT2D eigenvalue weighted by molar-refractivity contribution is 9.10. The normalized spacial score (nSPS) is 12.3. The second kappa shape index (κ2) is 7.23. The number of nitrogens with zero attached hydrogens (tertiary/aromatic N) is 2. The first kappa shape index (κ1) is 17.0. The van der Waals surface area contributed by atoms with Crippen molar-refractivity contribution in [3.63, 3.8) is 0 Å². The number of hydrogen-bond acceptors (Lipinski definition) is 5. The Balaban J connectivity index is 2.24. The molecule has 0 radical (unpaired) electrons. The monoisotopic (exact) mass is 378 g/mol. The van der Waals surface area contributed by atoms with Gasteiger partial charge in [0.15, 0.2) is 0 Å². The number of ether oxygens (including phenoxy) is 1. The van der Waals surface area contributed by atoms with Crippen LogP contribution in [0.3, 0.4) is 0 Å². The molecule has 23 heavy (non-hydrogen) atoms. The summed E-state index contributed by atoms with van der Waals surface area (Å²) in [6.07, 6.45) is 1.44. The number of rotatable bonds is 5. The van der Waals surface area contributed by atoms with E-state index in [0.29, 0.717) is 5.56 Å². The summed E-state index contributed by atoms with van der Waals surface area (Å²) >= 11 is 3.42. The Morgan fingerprint density at radius 1 is 1.35 bits per heavy atom. The summed E-state index contributed by atoms with van der Waals surface area (Å²) in [5.41, 5.74) is 1.15. The van der Waals surface area contributed by atoms with Gasteiger partial charge in [0.05, 0.1) is 22.5 Å². The molecule has 2 aromatic carbocycles. The summed E-state index contributed by atoms with van der Waals surface area (Å²) in [5.74, 6) is 0.670. The van der Waals surface area contributed by atoms with E-state index in [9.17, 15) is 15.2 Å². The number of methoxy groups -OCH3 is 1. The average molecular weight is 379 g/mol. The molecule has 0 heterocycles. The third kappa shape index (κ3) is 4.07. The van der Waals surface area contributed by atoms with Gasteiger partial charge in [-0.05, 0) is 46.6 Å². The number of halogens is 1. The Kier molecular flexibility index (Phi) is 5.33. The van der Waals surface area contributed by atoms with Crippen molar-refractivity contribution in [2.24, 2.45) is 4.99 Å². The lowest BCUT2D eigenvalue weighted by molar-refractivity contribution is -0.384. The number of nitro benzene ring substituents is 1. The zero-order valence-electron chi connectivity index (χ0n) is 12.6. The van der Waals surface area contributed by atoms with Crippen LogP contribution in [0, 0.1) is 10.1 Å². The molecule has 2 rings (SSSR count). The smallest absolute Gasteiger partial charge is 0.270 e. The predicted molar refractivity (Wildman–Crippen MR) is 91.5 cm³/mol. The van der Waals surface area contributed by atoms with E-state index in [4.69, 9.17) is 4.74 Å². The van der Waals surface area contributed by atoms with Crippen molar-refractivity contribution >= 4 is 27.8 Å². The Hall–Kier alpha value is -2.41. The molecule has 0 aliphatic rings. The van der Waals surface area contributed by atoms with Crippen molar-refractivity contribution in [3.05, 3.63) is 62.1 Å². The highest BCUT2D eigenvalue weighted by Gasteiger charge is 2.10. The molecule has 1 N–H and O–H groups in total. The van der Waals surface area contributed by atoms with Gasteiger partial charge in [-0.1, -0.05) is 6.07 Å². The Morgan fingerprint density at radius 2 is 2.09 bits per heavy atom. The topological polar surface area (TPSA) is 85.0 Å². The van der Waals surface area contributed by atoms with E-state index >= 15 is 0 Å². The van der Waals surface area contributed by atoms with Crippen LogP contribution in [0.25, 0.3) is 0 Å². The first-order chi connectivity index (χ1) is 10.9. The van der Waals surface area contributed by atoms with E-state index in [0.717, 1.165) is 15.8 Å². The minimum absolute atomic E-state index is 0.0533. The van der Waals surface area contributed by atoms with Gasteiger partial charge in [-0.25, -0.2) is 0 Å². The summed E-state index contributed by atoms with van der Waals surface area (Å²) in [4.78, 5) is 14.6. The molecule has 0 aliphatic heterocycles. The lowest BCUT2D eigenvalue weighted by Gasteiger charge is -2.10. The minimum atomic E-state index is -0.513. The number of nitro groups is 1. The van der Waals surface area contributed by atoms with Crippen LogP contribution in [0.15, 0.2) is 45.9 Å². The molecule has 0 bridgehead atoms. The van der Waals surface area contributed by atoms with Crippen LogP contribution in [0.4, 0.5) is 5.69 Å². The maximum Gasteiger partial charge on any atom is 0.270 e. The number of hydrogen-bond donors (Lipinski definition) is 1. The fourth-order valence-corrected chi connectivity index (χ4v) is 2.54. The molecule has 7 heteroatoms. The minimum Gasteiger partial charge on any atom is -0.507 e. The van der Waals surface area contributed by atoms with Crippen molar-refractivity contribution in [2.45, 2.75) is 13.0 Å². The molecule has 1 atom stereocenters. The van der Waals surface area contributed by atoms with E-state index in [1.54, 1.807) is 7.11 Å². The molecule has 0 saturated heterocycles. The first-order valence-corrected chi connectivity index (χ1v) is 7.55. The molecule has 0 spiro atoms. The SMILES string of the molecule is COc1ccc([C@H](C)N=Cc2cc([N+](=O)[O-])ccc2O)cc1Br. The van der Waals surface area contributed by atoms with Crippen LogP contribution in [0.2, 0.25) is 0 Å². The molecule has 0 saturated carbocycles. The molecule has 0 aliphatic carbocycles. The molecule has 120 valence electrons. The number of phenolic OH excluding ortho intramolecular Hbond substituents is 1. The average Bonchev–Trinajstić information content (AvgIpc) is 2.53. The van der Waals surface area contributed by atoms with Crippen LogP contribution >= 0.6 is 15.9 Å². The largest absolute Gasteiger partial charge is 0.507 e. The highest BCUT2D eigenvalue weighted by Crippen LogP contribution is 2.29. The molecular formula is C16H15BrN2O4. The molecule has 0 amide bonds. The van der Waals surface area contributed by atoms with Crippen LogP contribution in [-0.4, -0.2) is 23.4 Å². The fraction of sp³-hybridized carbons (Fsp3) is 0.188. The molecular weight excluding hydrogens is 364 g/mol. The van der Waals surface area contributed by atoms with Gasteiger partial charge in [0.1, 0.15) is 11.5 Å². The van der Waals surface area contributed by atoms with Crippen LogP contribution < -0.4 is 4.74 Å². The second-order valence-corrected chi connectivity index (χ2v) is 5.70.